The van der Waals surface area contributed by atoms with Crippen LogP contribution in [0.4, 0.5) is 0 Å². The number of amides is 1. The molecule has 0 fully saturated rings. The molecule has 0 aliphatic rings. The molecule has 0 bridgehead atoms. The molecule has 0 saturated heterocycles. The molecule has 0 rings (SSSR count). The summed E-state index contributed by atoms with van der Waals surface area (Å²) in [5.74, 6) is 4.61. The van der Waals surface area contributed by atoms with Crippen molar-refractivity contribution >= 4 is 13.5 Å². The lowest BCUT2D eigenvalue weighted by atomic mass is 10.2. The van der Waals surface area contributed by atoms with Gasteiger partial charge in [0.2, 0.25) is 5.91 Å². The molecular formula is C10H23N2O4P. The minimum atomic E-state index is -3.42. The first-order chi connectivity index (χ1) is 8.05. The van der Waals surface area contributed by atoms with E-state index in [2.05, 4.69) is 0 Å². The topological polar surface area (TPSA) is 90.7 Å². The Bertz CT molecular complexity index is 263. The first-order valence-corrected chi connectivity index (χ1v) is 7.56. The second kappa shape index (κ2) is 8.64. The highest BCUT2D eigenvalue weighted by atomic mass is 31.2. The van der Waals surface area contributed by atoms with Crippen LogP contribution < -0.4 is 11.3 Å². The third-order valence-electron chi connectivity index (χ3n) is 2.28. The van der Waals surface area contributed by atoms with E-state index >= 15 is 0 Å². The van der Waals surface area contributed by atoms with Gasteiger partial charge in [0, 0.05) is 0 Å². The Morgan fingerprint density at radius 2 is 1.82 bits per heavy atom. The largest absolute Gasteiger partial charge is 0.343 e. The van der Waals surface area contributed by atoms with Gasteiger partial charge in [-0.15, -0.1) is 0 Å². The molecule has 0 spiro atoms. The average molecular weight is 266 g/mol. The number of rotatable bonds is 9. The van der Waals surface area contributed by atoms with E-state index < -0.39 is 19.2 Å². The number of carbonyl (C=O) groups excluding carboxylic acids is 1. The molecule has 6 nitrogen and oxygen atoms in total. The van der Waals surface area contributed by atoms with E-state index in [1.54, 1.807) is 13.8 Å². The minimum Gasteiger partial charge on any atom is -0.308 e. The molecule has 0 unspecified atom stereocenters. The van der Waals surface area contributed by atoms with E-state index in [0.29, 0.717) is 6.42 Å². The number of carbonyl (C=O) groups is 1. The molecule has 0 aromatic heterocycles. The Hall–Kier alpha value is -0.420. The quantitative estimate of drug-likeness (QED) is 0.287. The van der Waals surface area contributed by atoms with Crippen LogP contribution in [0.2, 0.25) is 0 Å². The Kier molecular flexibility index (Phi) is 8.43. The Labute approximate surface area is 103 Å². The van der Waals surface area contributed by atoms with Gasteiger partial charge >= 0.3 is 7.60 Å². The maximum Gasteiger partial charge on any atom is 0.343 e. The Morgan fingerprint density at radius 3 is 2.18 bits per heavy atom. The van der Waals surface area contributed by atoms with Gasteiger partial charge in [0.1, 0.15) is 5.66 Å². The van der Waals surface area contributed by atoms with Gasteiger partial charge in [-0.25, -0.2) is 5.84 Å². The first kappa shape index (κ1) is 16.6. The number of hydrogen-bond acceptors (Lipinski definition) is 5. The van der Waals surface area contributed by atoms with Crippen LogP contribution in [-0.2, 0) is 18.4 Å². The predicted molar refractivity (Wildman–Crippen MR) is 66.5 cm³/mol. The summed E-state index contributed by atoms with van der Waals surface area (Å²) in [6.07, 6.45) is 2.10. The van der Waals surface area contributed by atoms with E-state index in [9.17, 15) is 9.36 Å². The highest BCUT2D eigenvalue weighted by Crippen LogP contribution is 2.54. The minimum absolute atomic E-state index is 0.234. The normalized spacial score (nSPS) is 13.4. The summed E-state index contributed by atoms with van der Waals surface area (Å²) in [6.45, 7) is 5.88. The molecule has 102 valence electrons. The van der Waals surface area contributed by atoms with Crippen LogP contribution in [0.3, 0.4) is 0 Å². The van der Waals surface area contributed by atoms with Gasteiger partial charge in [-0.05, 0) is 20.3 Å². The van der Waals surface area contributed by atoms with Crippen molar-refractivity contribution in [3.05, 3.63) is 0 Å². The van der Waals surface area contributed by atoms with Crippen LogP contribution in [0.1, 0.15) is 40.0 Å². The van der Waals surface area contributed by atoms with Gasteiger partial charge in [-0.1, -0.05) is 19.8 Å². The van der Waals surface area contributed by atoms with Crippen LogP contribution in [0.5, 0.6) is 0 Å². The number of nitrogens with one attached hydrogen (secondary N) is 1. The van der Waals surface area contributed by atoms with Crippen molar-refractivity contribution in [1.29, 1.82) is 0 Å². The number of nitrogens with two attached hydrogens (primary N) is 1. The smallest absolute Gasteiger partial charge is 0.308 e. The maximum atomic E-state index is 12.5. The standard InChI is InChI=1S/C10H23N2O4P/c1-4-7-8-9(10(13)12-11)17(14,15-5-2)16-6-3/h9H,4-8,11H2,1-3H3,(H,12,13)/t9-/m1/s1. The van der Waals surface area contributed by atoms with Gasteiger partial charge in [0.25, 0.3) is 0 Å². The van der Waals surface area contributed by atoms with Crippen molar-refractivity contribution in [2.75, 3.05) is 13.2 Å². The zero-order valence-electron chi connectivity index (χ0n) is 10.8. The lowest BCUT2D eigenvalue weighted by Crippen LogP contribution is -2.39. The Morgan fingerprint density at radius 1 is 1.29 bits per heavy atom. The highest BCUT2D eigenvalue weighted by molar-refractivity contribution is 7.55. The van der Waals surface area contributed by atoms with Crippen molar-refractivity contribution in [1.82, 2.24) is 5.43 Å². The lowest BCUT2D eigenvalue weighted by molar-refractivity contribution is -0.121. The van der Waals surface area contributed by atoms with Gasteiger partial charge < -0.3 is 9.05 Å². The van der Waals surface area contributed by atoms with E-state index in [1.807, 2.05) is 12.3 Å². The third kappa shape index (κ3) is 5.17. The summed E-state index contributed by atoms with van der Waals surface area (Å²) >= 11 is 0. The predicted octanol–water partition coefficient (Wildman–Crippen LogP) is 1.80. The molecule has 1 atom stereocenters. The maximum absolute atomic E-state index is 12.5. The second-order valence-corrected chi connectivity index (χ2v) is 5.76. The van der Waals surface area contributed by atoms with E-state index in [-0.39, 0.29) is 13.2 Å². The van der Waals surface area contributed by atoms with Gasteiger partial charge in [-0.3, -0.25) is 14.8 Å². The Balaban J connectivity index is 4.92. The molecule has 17 heavy (non-hydrogen) atoms. The van der Waals surface area contributed by atoms with Crippen LogP contribution in [0, 0.1) is 0 Å². The lowest BCUT2D eigenvalue weighted by Gasteiger charge is -2.24. The van der Waals surface area contributed by atoms with Crippen molar-refractivity contribution in [3.8, 4) is 0 Å². The molecule has 0 aliphatic carbocycles. The summed E-state index contributed by atoms with van der Waals surface area (Å²) in [5, 5.41) is 0. The van der Waals surface area contributed by atoms with E-state index in [4.69, 9.17) is 14.9 Å². The summed E-state index contributed by atoms with van der Waals surface area (Å²) in [5.41, 5.74) is 1.20. The molecule has 7 heteroatoms. The second-order valence-electron chi connectivity index (χ2n) is 3.54. The first-order valence-electron chi connectivity index (χ1n) is 5.94. The van der Waals surface area contributed by atoms with Gasteiger partial charge in [0.05, 0.1) is 13.2 Å². The molecule has 3 N–H and O–H groups in total. The summed E-state index contributed by atoms with van der Waals surface area (Å²) in [6, 6.07) is 0. The zero-order valence-corrected chi connectivity index (χ0v) is 11.7. The summed E-state index contributed by atoms with van der Waals surface area (Å²) in [7, 11) is -3.42. The van der Waals surface area contributed by atoms with Crippen molar-refractivity contribution in [2.24, 2.45) is 5.84 Å². The number of hydrogen-bond donors (Lipinski definition) is 2. The SMILES string of the molecule is CCCC[C@H](C(=O)NN)P(=O)(OCC)OCC. The summed E-state index contributed by atoms with van der Waals surface area (Å²) < 4.78 is 22.8. The molecule has 0 aromatic carbocycles. The fourth-order valence-electron chi connectivity index (χ4n) is 1.50. The van der Waals surface area contributed by atoms with Crippen molar-refractivity contribution in [2.45, 2.75) is 45.7 Å². The van der Waals surface area contributed by atoms with E-state index in [0.717, 1.165) is 12.8 Å². The average Bonchev–Trinajstić information content (AvgIpc) is 2.29. The highest BCUT2D eigenvalue weighted by Gasteiger charge is 2.40. The monoisotopic (exact) mass is 266 g/mol. The fourth-order valence-corrected chi connectivity index (χ4v) is 3.52. The van der Waals surface area contributed by atoms with Crippen molar-refractivity contribution in [3.63, 3.8) is 0 Å². The van der Waals surface area contributed by atoms with Crippen LogP contribution >= 0.6 is 7.60 Å². The van der Waals surface area contributed by atoms with Gasteiger partial charge in [0.15, 0.2) is 0 Å². The fraction of sp³-hybridized carbons (Fsp3) is 0.900. The molecular weight excluding hydrogens is 243 g/mol. The van der Waals surface area contributed by atoms with Crippen LogP contribution in [0.15, 0.2) is 0 Å². The number of unbranched alkanes of at least 4 members (excludes halogenated alkanes) is 1. The third-order valence-corrected chi connectivity index (χ3v) is 4.77. The number of hydrazine groups is 1. The molecule has 0 heterocycles. The molecule has 0 saturated carbocycles. The molecule has 0 aliphatic heterocycles. The molecule has 0 radical (unpaired) electrons. The summed E-state index contributed by atoms with van der Waals surface area (Å²) in [4.78, 5) is 11.6. The van der Waals surface area contributed by atoms with Gasteiger partial charge in [-0.2, -0.15) is 0 Å². The van der Waals surface area contributed by atoms with E-state index in [1.165, 1.54) is 0 Å². The molecule has 0 aromatic rings. The van der Waals surface area contributed by atoms with Crippen LogP contribution in [0.25, 0.3) is 0 Å². The zero-order chi connectivity index (χ0) is 13.3. The molecule has 1 amide bonds. The van der Waals surface area contributed by atoms with Crippen LogP contribution in [-0.4, -0.2) is 24.8 Å². The van der Waals surface area contributed by atoms with Crippen molar-refractivity contribution < 1.29 is 18.4 Å².